The second kappa shape index (κ2) is 8.29. The van der Waals surface area contributed by atoms with E-state index in [0.717, 1.165) is 40.9 Å². The van der Waals surface area contributed by atoms with Gasteiger partial charge in [-0.15, -0.1) is 0 Å². The first-order valence-corrected chi connectivity index (χ1v) is 9.21. The monoisotopic (exact) mass is 387 g/mol. The smallest absolute Gasteiger partial charge is 0.220 e. The van der Waals surface area contributed by atoms with E-state index in [1.54, 1.807) is 0 Å². The average Bonchev–Trinajstić information content (AvgIpc) is 3.14. The van der Waals surface area contributed by atoms with Crippen LogP contribution in [0.4, 0.5) is 5.82 Å². The molecule has 0 radical (unpaired) electrons. The minimum Gasteiger partial charge on any atom is -0.357 e. The van der Waals surface area contributed by atoms with Crippen LogP contribution in [0.3, 0.4) is 0 Å². The van der Waals surface area contributed by atoms with E-state index in [9.17, 15) is 4.79 Å². The zero-order valence-electron chi connectivity index (χ0n) is 13.7. The lowest BCUT2D eigenvalue weighted by Crippen LogP contribution is -2.24. The Morgan fingerprint density at radius 3 is 2.79 bits per heavy atom. The maximum atomic E-state index is 12.1. The third-order valence-corrected chi connectivity index (χ3v) is 5.08. The van der Waals surface area contributed by atoms with Crippen LogP contribution in [-0.4, -0.2) is 24.0 Å². The van der Waals surface area contributed by atoms with Crippen LogP contribution in [0.5, 0.6) is 0 Å². The Labute approximate surface area is 151 Å². The Morgan fingerprint density at radius 1 is 1.21 bits per heavy atom. The number of nitrogens with one attached hydrogen (secondary N) is 1. The quantitative estimate of drug-likeness (QED) is 0.821. The summed E-state index contributed by atoms with van der Waals surface area (Å²) in [6.07, 6.45) is 5.53. The lowest BCUT2D eigenvalue weighted by Gasteiger charge is -2.17. The highest BCUT2D eigenvalue weighted by Gasteiger charge is 2.13. The predicted octanol–water partition coefficient (Wildman–Crippen LogP) is 3.69. The van der Waals surface area contributed by atoms with Gasteiger partial charge in [0.25, 0.3) is 0 Å². The van der Waals surface area contributed by atoms with Gasteiger partial charge in [-0.2, -0.15) is 0 Å². The molecule has 1 aromatic carbocycles. The van der Waals surface area contributed by atoms with E-state index in [0.29, 0.717) is 13.0 Å². The topological polar surface area (TPSA) is 45.2 Å². The first kappa shape index (κ1) is 17.0. The molecule has 1 aliphatic rings. The van der Waals surface area contributed by atoms with Gasteiger partial charge in [0.1, 0.15) is 5.82 Å². The maximum Gasteiger partial charge on any atom is 0.220 e. The molecule has 0 atom stereocenters. The average molecular weight is 388 g/mol. The van der Waals surface area contributed by atoms with E-state index in [4.69, 9.17) is 0 Å². The van der Waals surface area contributed by atoms with Crippen molar-refractivity contribution in [3.8, 4) is 0 Å². The molecule has 1 fully saturated rings. The van der Waals surface area contributed by atoms with Crippen LogP contribution in [0.15, 0.2) is 47.1 Å². The summed E-state index contributed by atoms with van der Waals surface area (Å²) in [5.41, 5.74) is 2.26. The van der Waals surface area contributed by atoms with Gasteiger partial charge in [-0.3, -0.25) is 4.79 Å². The van der Waals surface area contributed by atoms with Crippen molar-refractivity contribution < 1.29 is 4.79 Å². The second-order valence-electron chi connectivity index (χ2n) is 6.08. The number of carbonyl (C=O) groups is 1. The van der Waals surface area contributed by atoms with E-state index in [1.165, 1.54) is 12.8 Å². The van der Waals surface area contributed by atoms with Crippen molar-refractivity contribution in [3.05, 3.63) is 58.2 Å². The molecule has 5 heteroatoms. The maximum absolute atomic E-state index is 12.1. The van der Waals surface area contributed by atoms with Gasteiger partial charge in [0.05, 0.1) is 0 Å². The standard InChI is InChI=1S/C19H22BrN3O/c20-17-6-2-1-5-16(17)7-8-19(24)22-14-15-9-10-21-18(13-15)23-11-3-4-12-23/h1-2,5-6,9-10,13H,3-4,7-8,11-12,14H2,(H,22,24). The molecule has 2 heterocycles. The van der Waals surface area contributed by atoms with E-state index >= 15 is 0 Å². The number of hydrogen-bond donors (Lipinski definition) is 1. The molecular formula is C19H22BrN3O. The van der Waals surface area contributed by atoms with E-state index in [2.05, 4.69) is 37.2 Å². The minimum absolute atomic E-state index is 0.0743. The lowest BCUT2D eigenvalue weighted by molar-refractivity contribution is -0.121. The third-order valence-electron chi connectivity index (χ3n) is 4.31. The molecule has 24 heavy (non-hydrogen) atoms. The number of nitrogens with zero attached hydrogens (tertiary/aromatic N) is 2. The van der Waals surface area contributed by atoms with Gasteiger partial charge in [0.15, 0.2) is 0 Å². The van der Waals surface area contributed by atoms with Crippen molar-refractivity contribution in [2.75, 3.05) is 18.0 Å². The van der Waals surface area contributed by atoms with Gasteiger partial charge >= 0.3 is 0 Å². The summed E-state index contributed by atoms with van der Waals surface area (Å²) < 4.78 is 1.06. The number of anilines is 1. The molecule has 0 unspecified atom stereocenters. The van der Waals surface area contributed by atoms with E-state index < -0.39 is 0 Å². The second-order valence-corrected chi connectivity index (χ2v) is 6.94. The fourth-order valence-corrected chi connectivity index (χ4v) is 3.41. The van der Waals surface area contributed by atoms with Gasteiger partial charge in [-0.1, -0.05) is 34.1 Å². The molecule has 0 bridgehead atoms. The highest BCUT2D eigenvalue weighted by molar-refractivity contribution is 9.10. The molecule has 0 saturated carbocycles. The van der Waals surface area contributed by atoms with Gasteiger partial charge in [0.2, 0.25) is 5.91 Å². The van der Waals surface area contributed by atoms with Crippen molar-refractivity contribution in [3.63, 3.8) is 0 Å². The van der Waals surface area contributed by atoms with Crippen LogP contribution < -0.4 is 10.2 Å². The summed E-state index contributed by atoms with van der Waals surface area (Å²) in [7, 11) is 0. The van der Waals surface area contributed by atoms with Gasteiger partial charge in [-0.05, 0) is 48.6 Å². The highest BCUT2D eigenvalue weighted by atomic mass is 79.9. The Kier molecular flexibility index (Phi) is 5.86. The Balaban J connectivity index is 1.49. The summed E-state index contributed by atoms with van der Waals surface area (Å²) in [6.45, 7) is 2.71. The van der Waals surface area contributed by atoms with E-state index in [-0.39, 0.29) is 5.91 Å². The molecule has 1 amide bonds. The Hall–Kier alpha value is -1.88. The van der Waals surface area contributed by atoms with Crippen LogP contribution in [0.1, 0.15) is 30.4 Å². The summed E-state index contributed by atoms with van der Waals surface area (Å²) >= 11 is 3.52. The van der Waals surface area contributed by atoms with Crippen molar-refractivity contribution in [1.82, 2.24) is 10.3 Å². The van der Waals surface area contributed by atoms with Crippen LogP contribution in [0.25, 0.3) is 0 Å². The molecule has 1 saturated heterocycles. The highest BCUT2D eigenvalue weighted by Crippen LogP contribution is 2.19. The minimum atomic E-state index is 0.0743. The number of hydrogen-bond acceptors (Lipinski definition) is 3. The van der Waals surface area contributed by atoms with Crippen molar-refractivity contribution in [1.29, 1.82) is 0 Å². The predicted molar refractivity (Wildman–Crippen MR) is 100.0 cm³/mol. The number of aromatic nitrogens is 1. The summed E-state index contributed by atoms with van der Waals surface area (Å²) in [5.74, 6) is 1.10. The van der Waals surface area contributed by atoms with Crippen LogP contribution in [-0.2, 0) is 17.8 Å². The molecule has 1 aromatic heterocycles. The number of pyridine rings is 1. The summed E-state index contributed by atoms with van der Waals surface area (Å²) in [5, 5.41) is 3.01. The van der Waals surface area contributed by atoms with Crippen LogP contribution in [0.2, 0.25) is 0 Å². The summed E-state index contributed by atoms with van der Waals surface area (Å²) in [6, 6.07) is 12.1. The van der Waals surface area contributed by atoms with Crippen molar-refractivity contribution >= 4 is 27.7 Å². The third kappa shape index (κ3) is 4.57. The lowest BCUT2D eigenvalue weighted by atomic mass is 10.1. The number of aryl methyl sites for hydroxylation is 1. The SMILES string of the molecule is O=C(CCc1ccccc1Br)NCc1ccnc(N2CCCC2)c1. The van der Waals surface area contributed by atoms with Crippen molar-refractivity contribution in [2.45, 2.75) is 32.2 Å². The number of benzene rings is 1. The molecule has 2 aromatic rings. The molecule has 1 aliphatic heterocycles. The Bertz CT molecular complexity index is 699. The van der Waals surface area contributed by atoms with E-state index in [1.807, 2.05) is 36.5 Å². The molecular weight excluding hydrogens is 366 g/mol. The number of carbonyl (C=O) groups excluding carboxylic acids is 1. The van der Waals surface area contributed by atoms with Gasteiger partial charge in [0, 0.05) is 36.7 Å². The largest absolute Gasteiger partial charge is 0.357 e. The zero-order chi connectivity index (χ0) is 16.8. The zero-order valence-corrected chi connectivity index (χ0v) is 15.3. The van der Waals surface area contributed by atoms with Crippen molar-refractivity contribution in [2.24, 2.45) is 0 Å². The molecule has 126 valence electrons. The molecule has 4 nitrogen and oxygen atoms in total. The van der Waals surface area contributed by atoms with Gasteiger partial charge in [-0.25, -0.2) is 4.98 Å². The first-order valence-electron chi connectivity index (χ1n) is 8.42. The molecule has 0 aliphatic carbocycles. The Morgan fingerprint density at radius 2 is 2.00 bits per heavy atom. The first-order chi connectivity index (χ1) is 11.7. The fraction of sp³-hybridized carbons (Fsp3) is 0.368. The molecule has 3 rings (SSSR count). The fourth-order valence-electron chi connectivity index (χ4n) is 2.93. The molecule has 1 N–H and O–H groups in total. The molecule has 0 spiro atoms. The number of amides is 1. The van der Waals surface area contributed by atoms with Crippen LogP contribution >= 0.6 is 15.9 Å². The number of rotatable bonds is 6. The van der Waals surface area contributed by atoms with Gasteiger partial charge < -0.3 is 10.2 Å². The van der Waals surface area contributed by atoms with Crippen LogP contribution in [0, 0.1) is 0 Å². The summed E-state index contributed by atoms with van der Waals surface area (Å²) in [4.78, 5) is 18.8. The normalized spacial score (nSPS) is 14.0. The number of halogens is 1.